The van der Waals surface area contributed by atoms with E-state index in [0.717, 1.165) is 6.26 Å². The minimum Gasteiger partial charge on any atom is -0.383 e. The fourth-order valence-electron chi connectivity index (χ4n) is 1.11. The number of aromatic nitrogens is 2. The topological polar surface area (TPSA) is 118 Å². The molecule has 1 amide bonds. The van der Waals surface area contributed by atoms with E-state index in [9.17, 15) is 13.2 Å². The zero-order valence-corrected chi connectivity index (χ0v) is 9.67. The SMILES string of the molecule is CS(=O)(=O)CCCNC(=O)c1cn[nH]c1N. The van der Waals surface area contributed by atoms with Gasteiger partial charge in [-0.25, -0.2) is 8.42 Å². The Labute approximate surface area is 93.3 Å². The molecule has 0 aliphatic heterocycles. The lowest BCUT2D eigenvalue weighted by atomic mass is 10.3. The van der Waals surface area contributed by atoms with Gasteiger partial charge < -0.3 is 11.1 Å². The van der Waals surface area contributed by atoms with Crippen LogP contribution in [-0.4, -0.2) is 43.1 Å². The van der Waals surface area contributed by atoms with Crippen LogP contribution in [0.3, 0.4) is 0 Å². The Balaban J connectivity index is 2.35. The Kier molecular flexibility index (Phi) is 3.88. The molecule has 0 aliphatic rings. The van der Waals surface area contributed by atoms with Crippen LogP contribution >= 0.6 is 0 Å². The maximum absolute atomic E-state index is 11.5. The van der Waals surface area contributed by atoms with Crippen molar-refractivity contribution in [2.75, 3.05) is 24.3 Å². The third-order valence-corrected chi connectivity index (χ3v) is 2.92. The zero-order valence-electron chi connectivity index (χ0n) is 8.86. The van der Waals surface area contributed by atoms with Crippen LogP contribution in [0.5, 0.6) is 0 Å². The first-order chi connectivity index (χ1) is 7.40. The maximum Gasteiger partial charge on any atom is 0.256 e. The van der Waals surface area contributed by atoms with E-state index in [1.54, 1.807) is 0 Å². The molecule has 0 spiro atoms. The van der Waals surface area contributed by atoms with E-state index in [-0.39, 0.29) is 29.6 Å². The van der Waals surface area contributed by atoms with Gasteiger partial charge in [-0.1, -0.05) is 0 Å². The molecule has 4 N–H and O–H groups in total. The quantitative estimate of drug-likeness (QED) is 0.585. The number of carbonyl (C=O) groups is 1. The molecule has 0 bridgehead atoms. The van der Waals surface area contributed by atoms with Crippen molar-refractivity contribution in [3.05, 3.63) is 11.8 Å². The van der Waals surface area contributed by atoms with Gasteiger partial charge in [0.1, 0.15) is 21.2 Å². The third-order valence-electron chi connectivity index (χ3n) is 1.89. The highest BCUT2D eigenvalue weighted by Gasteiger charge is 2.10. The first-order valence-corrected chi connectivity index (χ1v) is 6.71. The first-order valence-electron chi connectivity index (χ1n) is 4.65. The van der Waals surface area contributed by atoms with Crippen molar-refractivity contribution < 1.29 is 13.2 Å². The highest BCUT2D eigenvalue weighted by atomic mass is 32.2. The van der Waals surface area contributed by atoms with Crippen molar-refractivity contribution in [2.24, 2.45) is 0 Å². The predicted molar refractivity (Wildman–Crippen MR) is 59.7 cm³/mol. The molecule has 0 saturated heterocycles. The number of hydrogen-bond donors (Lipinski definition) is 3. The van der Waals surface area contributed by atoms with Crippen LogP contribution in [0.4, 0.5) is 5.82 Å². The number of nitrogens with two attached hydrogens (primary N) is 1. The van der Waals surface area contributed by atoms with Crippen molar-refractivity contribution in [3.63, 3.8) is 0 Å². The van der Waals surface area contributed by atoms with Crippen LogP contribution in [-0.2, 0) is 9.84 Å². The molecule has 7 nitrogen and oxygen atoms in total. The third kappa shape index (κ3) is 3.89. The van der Waals surface area contributed by atoms with Crippen LogP contribution in [0.15, 0.2) is 6.20 Å². The molecule has 0 aromatic carbocycles. The first kappa shape index (κ1) is 12.5. The number of carbonyl (C=O) groups excluding carboxylic acids is 1. The van der Waals surface area contributed by atoms with Gasteiger partial charge in [-0.05, 0) is 6.42 Å². The fourth-order valence-corrected chi connectivity index (χ4v) is 1.78. The van der Waals surface area contributed by atoms with Crippen molar-refractivity contribution >= 4 is 21.6 Å². The number of sulfone groups is 1. The molecule has 0 aliphatic carbocycles. The van der Waals surface area contributed by atoms with Gasteiger partial charge in [-0.2, -0.15) is 5.10 Å². The zero-order chi connectivity index (χ0) is 12.2. The number of aromatic amines is 1. The van der Waals surface area contributed by atoms with E-state index in [4.69, 9.17) is 5.73 Å². The second-order valence-corrected chi connectivity index (χ2v) is 5.70. The number of nitrogens with zero attached hydrogens (tertiary/aromatic N) is 1. The summed E-state index contributed by atoms with van der Waals surface area (Å²) in [6, 6.07) is 0. The largest absolute Gasteiger partial charge is 0.383 e. The highest BCUT2D eigenvalue weighted by molar-refractivity contribution is 7.90. The predicted octanol–water partition coefficient (Wildman–Crippen LogP) is -0.844. The van der Waals surface area contributed by atoms with Gasteiger partial charge >= 0.3 is 0 Å². The standard InChI is InChI=1S/C8H14N4O3S/c1-16(14,15)4-2-3-10-8(13)6-5-11-12-7(6)9/h5H,2-4H2,1H3,(H,10,13)(H3,9,11,12). The second kappa shape index (κ2) is 4.97. The lowest BCUT2D eigenvalue weighted by Gasteiger charge is -2.03. The van der Waals surface area contributed by atoms with Gasteiger partial charge in [0.15, 0.2) is 0 Å². The average Bonchev–Trinajstić information content (AvgIpc) is 2.57. The Morgan fingerprint density at radius 3 is 2.81 bits per heavy atom. The number of H-pyrrole nitrogens is 1. The van der Waals surface area contributed by atoms with Gasteiger partial charge in [0.2, 0.25) is 0 Å². The van der Waals surface area contributed by atoms with Crippen molar-refractivity contribution in [1.29, 1.82) is 0 Å². The van der Waals surface area contributed by atoms with Crippen molar-refractivity contribution in [1.82, 2.24) is 15.5 Å². The van der Waals surface area contributed by atoms with Crippen LogP contribution < -0.4 is 11.1 Å². The van der Waals surface area contributed by atoms with Gasteiger partial charge in [-0.3, -0.25) is 9.89 Å². The van der Waals surface area contributed by atoms with Gasteiger partial charge in [0, 0.05) is 12.8 Å². The molecular formula is C8H14N4O3S. The Hall–Kier alpha value is -1.57. The van der Waals surface area contributed by atoms with Crippen molar-refractivity contribution in [3.8, 4) is 0 Å². The number of rotatable bonds is 5. The summed E-state index contributed by atoms with van der Waals surface area (Å²) in [5.74, 6) is -0.117. The lowest BCUT2D eigenvalue weighted by molar-refractivity contribution is 0.0954. The fraction of sp³-hybridized carbons (Fsp3) is 0.500. The average molecular weight is 246 g/mol. The van der Waals surface area contributed by atoms with Gasteiger partial charge in [0.05, 0.1) is 11.9 Å². The van der Waals surface area contributed by atoms with E-state index < -0.39 is 9.84 Å². The van der Waals surface area contributed by atoms with E-state index in [2.05, 4.69) is 15.5 Å². The Morgan fingerprint density at radius 2 is 2.31 bits per heavy atom. The highest BCUT2D eigenvalue weighted by Crippen LogP contribution is 2.04. The van der Waals surface area contributed by atoms with Crippen LogP contribution in [0.2, 0.25) is 0 Å². The van der Waals surface area contributed by atoms with E-state index in [1.807, 2.05) is 0 Å². The Morgan fingerprint density at radius 1 is 1.62 bits per heavy atom. The summed E-state index contributed by atoms with van der Waals surface area (Å²) in [7, 11) is -2.98. The summed E-state index contributed by atoms with van der Waals surface area (Å²) >= 11 is 0. The summed E-state index contributed by atoms with van der Waals surface area (Å²) in [4.78, 5) is 11.5. The summed E-state index contributed by atoms with van der Waals surface area (Å²) in [5, 5.41) is 8.59. The molecule has 1 aromatic rings. The molecule has 0 atom stereocenters. The molecule has 0 radical (unpaired) electrons. The van der Waals surface area contributed by atoms with Crippen LogP contribution in [0.1, 0.15) is 16.8 Å². The molecular weight excluding hydrogens is 232 g/mol. The molecule has 0 saturated carbocycles. The van der Waals surface area contributed by atoms with Gasteiger partial charge in [0.25, 0.3) is 5.91 Å². The van der Waals surface area contributed by atoms with Crippen molar-refractivity contribution in [2.45, 2.75) is 6.42 Å². The molecule has 0 fully saturated rings. The molecule has 8 heteroatoms. The van der Waals surface area contributed by atoms with E-state index >= 15 is 0 Å². The summed E-state index contributed by atoms with van der Waals surface area (Å²) in [6.07, 6.45) is 2.85. The number of nitrogen functional groups attached to an aromatic ring is 1. The summed E-state index contributed by atoms with van der Waals surface area (Å²) in [6.45, 7) is 0.288. The minimum absolute atomic E-state index is 0.0498. The molecule has 90 valence electrons. The maximum atomic E-state index is 11.5. The monoisotopic (exact) mass is 246 g/mol. The number of hydrogen-bond acceptors (Lipinski definition) is 5. The summed E-state index contributed by atoms with van der Waals surface area (Å²) in [5.41, 5.74) is 5.70. The molecule has 16 heavy (non-hydrogen) atoms. The van der Waals surface area contributed by atoms with E-state index in [1.165, 1.54) is 6.20 Å². The molecule has 1 heterocycles. The molecule has 0 unspecified atom stereocenters. The minimum atomic E-state index is -2.98. The second-order valence-electron chi connectivity index (χ2n) is 3.44. The normalized spacial score (nSPS) is 11.3. The molecule has 1 aromatic heterocycles. The van der Waals surface area contributed by atoms with Crippen LogP contribution in [0, 0.1) is 0 Å². The van der Waals surface area contributed by atoms with E-state index in [0.29, 0.717) is 6.42 Å². The summed E-state index contributed by atoms with van der Waals surface area (Å²) < 4.78 is 21.6. The lowest BCUT2D eigenvalue weighted by Crippen LogP contribution is -2.26. The van der Waals surface area contributed by atoms with Gasteiger partial charge in [-0.15, -0.1) is 0 Å². The number of nitrogens with one attached hydrogen (secondary N) is 2. The number of amides is 1. The van der Waals surface area contributed by atoms with Crippen LogP contribution in [0.25, 0.3) is 0 Å². The number of anilines is 1. The smallest absolute Gasteiger partial charge is 0.256 e. The molecule has 1 rings (SSSR count). The Bertz CT molecular complexity index is 465.